The topological polar surface area (TPSA) is 14.1 Å². The molecule has 0 bridgehead atoms. The average Bonchev–Trinajstić information content (AvgIpc) is 2.29. The Balaban J connectivity index is 2.29. The Labute approximate surface area is 83.4 Å². The molecule has 0 aromatic heterocycles. The van der Waals surface area contributed by atoms with E-state index in [9.17, 15) is 0 Å². The van der Waals surface area contributed by atoms with Crippen molar-refractivity contribution in [3.05, 3.63) is 54.1 Å². The first-order chi connectivity index (χ1) is 6.95. The van der Waals surface area contributed by atoms with Gasteiger partial charge in [0.25, 0.3) is 0 Å². The van der Waals surface area contributed by atoms with E-state index in [2.05, 4.69) is 47.8 Å². The molecule has 0 fully saturated rings. The monoisotopic (exact) mass is 180 g/mol. The second-order valence-corrected chi connectivity index (χ2v) is 3.49. The van der Waals surface area contributed by atoms with E-state index in [-0.39, 0.29) is 0 Å². The molecule has 1 aliphatic heterocycles. The Kier molecular flexibility index (Phi) is 1.57. The van der Waals surface area contributed by atoms with Crippen LogP contribution in [0.3, 0.4) is 0 Å². The van der Waals surface area contributed by atoms with Crippen LogP contribution >= 0.6 is 0 Å². The summed E-state index contributed by atoms with van der Waals surface area (Å²) in [6.45, 7) is 0.813. The summed E-state index contributed by atoms with van der Waals surface area (Å²) in [6, 6.07) is 16.8. The summed E-state index contributed by atoms with van der Waals surface area (Å²) in [7, 11) is 0. The number of para-hydroxylation sites is 1. The summed E-state index contributed by atoms with van der Waals surface area (Å²) in [4.78, 5) is 0. The molecule has 2 aromatic carbocycles. The van der Waals surface area contributed by atoms with Gasteiger partial charge in [-0.3, -0.25) is 5.32 Å². The SMILES string of the molecule is c1ccc2c(c1)C[N]c1ccccc1-2. The molecule has 3 rings (SSSR count). The van der Waals surface area contributed by atoms with Gasteiger partial charge in [0.05, 0.1) is 12.2 Å². The molecule has 14 heavy (non-hydrogen) atoms. The minimum atomic E-state index is 0.813. The maximum absolute atomic E-state index is 4.53. The minimum absolute atomic E-state index is 0.813. The lowest BCUT2D eigenvalue weighted by Gasteiger charge is -2.18. The third-order valence-corrected chi connectivity index (χ3v) is 2.63. The standard InChI is InChI=1S/C13H10N/c1-2-6-11-10(5-1)9-14-13-8-4-3-7-12(11)13/h1-8H,9H2. The molecule has 0 amide bonds. The molecule has 1 aliphatic rings. The van der Waals surface area contributed by atoms with Crippen LogP contribution in [0.15, 0.2) is 48.5 Å². The third-order valence-electron chi connectivity index (χ3n) is 2.63. The fourth-order valence-electron chi connectivity index (χ4n) is 1.93. The first-order valence-electron chi connectivity index (χ1n) is 4.80. The van der Waals surface area contributed by atoms with Gasteiger partial charge in [-0.2, -0.15) is 0 Å². The van der Waals surface area contributed by atoms with Crippen LogP contribution in [0.5, 0.6) is 0 Å². The van der Waals surface area contributed by atoms with E-state index in [0.717, 1.165) is 12.2 Å². The molecule has 0 atom stereocenters. The van der Waals surface area contributed by atoms with Gasteiger partial charge in [0.1, 0.15) is 0 Å². The molecular formula is C13H10N. The van der Waals surface area contributed by atoms with Crippen LogP contribution in [0.25, 0.3) is 11.1 Å². The predicted molar refractivity (Wildman–Crippen MR) is 57.4 cm³/mol. The van der Waals surface area contributed by atoms with Crippen LogP contribution < -0.4 is 5.32 Å². The highest BCUT2D eigenvalue weighted by Crippen LogP contribution is 2.34. The van der Waals surface area contributed by atoms with Crippen molar-refractivity contribution in [1.82, 2.24) is 5.32 Å². The smallest absolute Gasteiger partial charge is 0.0656 e. The van der Waals surface area contributed by atoms with Crippen LogP contribution in [0, 0.1) is 0 Å². The van der Waals surface area contributed by atoms with Crippen LogP contribution in [-0.2, 0) is 6.54 Å². The second kappa shape index (κ2) is 2.88. The van der Waals surface area contributed by atoms with Gasteiger partial charge in [-0.15, -0.1) is 0 Å². The highest BCUT2D eigenvalue weighted by molar-refractivity contribution is 5.79. The number of fused-ring (bicyclic) bond motifs is 3. The first-order valence-corrected chi connectivity index (χ1v) is 4.80. The highest BCUT2D eigenvalue weighted by atomic mass is 14.9. The van der Waals surface area contributed by atoms with Crippen molar-refractivity contribution >= 4 is 5.69 Å². The summed E-state index contributed by atoms with van der Waals surface area (Å²) >= 11 is 0. The van der Waals surface area contributed by atoms with E-state index in [1.54, 1.807) is 0 Å². The molecule has 0 unspecified atom stereocenters. The Hall–Kier alpha value is -1.76. The summed E-state index contributed by atoms with van der Waals surface area (Å²) in [5.41, 5.74) is 5.03. The van der Waals surface area contributed by atoms with E-state index >= 15 is 0 Å². The first kappa shape index (κ1) is 7.63. The van der Waals surface area contributed by atoms with E-state index in [1.807, 2.05) is 6.07 Å². The lowest BCUT2D eigenvalue weighted by atomic mass is 9.95. The third kappa shape index (κ3) is 1.02. The largest absolute Gasteiger partial charge is 0.280 e. The lowest BCUT2D eigenvalue weighted by Crippen LogP contribution is -2.06. The van der Waals surface area contributed by atoms with E-state index < -0.39 is 0 Å². The molecule has 1 nitrogen and oxygen atoms in total. The van der Waals surface area contributed by atoms with Crippen molar-refractivity contribution < 1.29 is 0 Å². The van der Waals surface area contributed by atoms with Crippen molar-refractivity contribution in [3.8, 4) is 11.1 Å². The van der Waals surface area contributed by atoms with E-state index in [0.29, 0.717) is 0 Å². The van der Waals surface area contributed by atoms with Crippen LogP contribution in [-0.4, -0.2) is 0 Å². The predicted octanol–water partition coefficient (Wildman–Crippen LogP) is 3.10. The molecule has 0 spiro atoms. The fourth-order valence-corrected chi connectivity index (χ4v) is 1.93. The van der Waals surface area contributed by atoms with Gasteiger partial charge in [0.2, 0.25) is 0 Å². The van der Waals surface area contributed by atoms with Gasteiger partial charge in [0.15, 0.2) is 0 Å². The Bertz CT molecular complexity index is 429. The fraction of sp³-hybridized carbons (Fsp3) is 0.0769. The van der Waals surface area contributed by atoms with Crippen LogP contribution in [0.2, 0.25) is 0 Å². The quantitative estimate of drug-likeness (QED) is 0.591. The normalized spacial score (nSPS) is 12.6. The summed E-state index contributed by atoms with van der Waals surface area (Å²) in [6.07, 6.45) is 0. The molecule has 0 saturated carbocycles. The molecule has 0 N–H and O–H groups in total. The molecule has 0 aliphatic carbocycles. The average molecular weight is 180 g/mol. The molecular weight excluding hydrogens is 170 g/mol. The van der Waals surface area contributed by atoms with Crippen molar-refractivity contribution in [2.45, 2.75) is 6.54 Å². The molecule has 67 valence electrons. The highest BCUT2D eigenvalue weighted by Gasteiger charge is 2.14. The summed E-state index contributed by atoms with van der Waals surface area (Å²) in [5, 5.41) is 4.53. The zero-order chi connectivity index (χ0) is 9.38. The summed E-state index contributed by atoms with van der Waals surface area (Å²) < 4.78 is 0. The minimum Gasteiger partial charge on any atom is -0.280 e. The van der Waals surface area contributed by atoms with Gasteiger partial charge in [-0.05, 0) is 17.2 Å². The molecule has 1 radical (unpaired) electrons. The van der Waals surface area contributed by atoms with Crippen molar-refractivity contribution in [2.75, 3.05) is 0 Å². The number of benzene rings is 2. The van der Waals surface area contributed by atoms with Crippen molar-refractivity contribution in [1.29, 1.82) is 0 Å². The number of hydrogen-bond acceptors (Lipinski definition) is 0. The van der Waals surface area contributed by atoms with E-state index in [1.165, 1.54) is 16.7 Å². The summed E-state index contributed by atoms with van der Waals surface area (Å²) in [5.74, 6) is 0. The Morgan fingerprint density at radius 1 is 0.786 bits per heavy atom. The van der Waals surface area contributed by atoms with Gasteiger partial charge in [0, 0.05) is 5.56 Å². The van der Waals surface area contributed by atoms with Gasteiger partial charge in [-0.25, -0.2) is 0 Å². The Morgan fingerprint density at radius 3 is 2.43 bits per heavy atom. The molecule has 2 aromatic rings. The molecule has 1 heteroatoms. The van der Waals surface area contributed by atoms with Gasteiger partial charge < -0.3 is 0 Å². The second-order valence-electron chi connectivity index (χ2n) is 3.49. The van der Waals surface area contributed by atoms with Gasteiger partial charge in [-0.1, -0.05) is 42.5 Å². The zero-order valence-corrected chi connectivity index (χ0v) is 7.77. The molecule has 0 saturated heterocycles. The molecule has 1 heterocycles. The number of rotatable bonds is 0. The van der Waals surface area contributed by atoms with E-state index in [4.69, 9.17) is 0 Å². The van der Waals surface area contributed by atoms with Gasteiger partial charge >= 0.3 is 0 Å². The number of nitrogens with zero attached hydrogens (tertiary/aromatic N) is 1. The Morgan fingerprint density at radius 2 is 1.50 bits per heavy atom. The van der Waals surface area contributed by atoms with Crippen molar-refractivity contribution in [2.24, 2.45) is 0 Å². The zero-order valence-electron chi connectivity index (χ0n) is 7.77. The maximum Gasteiger partial charge on any atom is 0.0656 e. The van der Waals surface area contributed by atoms with Crippen LogP contribution in [0.1, 0.15) is 5.56 Å². The number of hydrogen-bond donors (Lipinski definition) is 0. The maximum atomic E-state index is 4.53. The lowest BCUT2D eigenvalue weighted by molar-refractivity contribution is 0.851. The van der Waals surface area contributed by atoms with Crippen molar-refractivity contribution in [3.63, 3.8) is 0 Å². The van der Waals surface area contributed by atoms with Crippen LogP contribution in [0.4, 0.5) is 5.69 Å².